The standard InChI is InChI=1S/C14H15N5OS/c1-3-20-9-4-5-10-11(7-9)21-14(17-10)19-12-6-8(2)16-13(15)18-12/h4-7H,3H2,1-2H3,(H3,15,16,17,18,19). The number of benzene rings is 1. The number of aromatic nitrogens is 3. The summed E-state index contributed by atoms with van der Waals surface area (Å²) in [6, 6.07) is 7.68. The number of anilines is 3. The number of nitrogens with two attached hydrogens (primary N) is 1. The summed E-state index contributed by atoms with van der Waals surface area (Å²) < 4.78 is 6.55. The number of fused-ring (bicyclic) bond motifs is 1. The minimum Gasteiger partial charge on any atom is -0.494 e. The van der Waals surface area contributed by atoms with Gasteiger partial charge in [-0.15, -0.1) is 0 Å². The van der Waals surface area contributed by atoms with Crippen LogP contribution in [-0.2, 0) is 0 Å². The zero-order chi connectivity index (χ0) is 14.8. The van der Waals surface area contributed by atoms with E-state index >= 15 is 0 Å². The number of nitrogens with one attached hydrogen (secondary N) is 1. The smallest absolute Gasteiger partial charge is 0.222 e. The molecule has 0 bridgehead atoms. The quantitative estimate of drug-likeness (QED) is 0.770. The second-order valence-electron chi connectivity index (χ2n) is 4.46. The molecule has 0 spiro atoms. The van der Waals surface area contributed by atoms with Gasteiger partial charge in [0.15, 0.2) is 5.13 Å². The highest BCUT2D eigenvalue weighted by molar-refractivity contribution is 7.22. The van der Waals surface area contributed by atoms with Crippen molar-refractivity contribution in [1.82, 2.24) is 15.0 Å². The first-order valence-corrected chi connectivity index (χ1v) is 7.37. The van der Waals surface area contributed by atoms with Gasteiger partial charge in [0.05, 0.1) is 16.8 Å². The maximum absolute atomic E-state index is 5.65. The highest BCUT2D eigenvalue weighted by Gasteiger charge is 2.07. The van der Waals surface area contributed by atoms with E-state index in [9.17, 15) is 0 Å². The van der Waals surface area contributed by atoms with E-state index < -0.39 is 0 Å². The number of thiazole rings is 1. The maximum Gasteiger partial charge on any atom is 0.222 e. The average Bonchev–Trinajstić information content (AvgIpc) is 2.79. The second-order valence-corrected chi connectivity index (χ2v) is 5.49. The normalized spacial score (nSPS) is 10.8. The van der Waals surface area contributed by atoms with Crippen LogP contribution in [-0.4, -0.2) is 21.6 Å². The largest absolute Gasteiger partial charge is 0.494 e. The van der Waals surface area contributed by atoms with Gasteiger partial charge in [0, 0.05) is 11.8 Å². The predicted octanol–water partition coefficient (Wildman–Crippen LogP) is 3.12. The number of hydrogen-bond donors (Lipinski definition) is 2. The molecular weight excluding hydrogens is 286 g/mol. The molecule has 0 saturated carbocycles. The third kappa shape index (κ3) is 3.03. The molecule has 1 aromatic carbocycles. The van der Waals surface area contributed by atoms with E-state index in [1.165, 1.54) is 0 Å². The summed E-state index contributed by atoms with van der Waals surface area (Å²) in [5.74, 6) is 1.74. The molecule has 3 aromatic rings. The van der Waals surface area contributed by atoms with Crippen LogP contribution in [0, 0.1) is 6.92 Å². The van der Waals surface area contributed by atoms with Crippen LogP contribution in [0.1, 0.15) is 12.6 Å². The van der Waals surface area contributed by atoms with Crippen molar-refractivity contribution in [3.8, 4) is 5.75 Å². The lowest BCUT2D eigenvalue weighted by Gasteiger charge is -2.02. The molecule has 2 aromatic heterocycles. The van der Waals surface area contributed by atoms with Crippen molar-refractivity contribution in [1.29, 1.82) is 0 Å². The molecule has 3 N–H and O–H groups in total. The van der Waals surface area contributed by atoms with E-state index in [-0.39, 0.29) is 5.95 Å². The van der Waals surface area contributed by atoms with Crippen molar-refractivity contribution in [2.24, 2.45) is 0 Å². The number of hydrogen-bond acceptors (Lipinski definition) is 7. The minimum atomic E-state index is 0.247. The van der Waals surface area contributed by atoms with Crippen LogP contribution in [0.5, 0.6) is 5.75 Å². The molecule has 0 atom stereocenters. The Morgan fingerprint density at radius 1 is 1.24 bits per heavy atom. The molecule has 21 heavy (non-hydrogen) atoms. The Hall–Kier alpha value is -2.41. The zero-order valence-corrected chi connectivity index (χ0v) is 12.6. The van der Waals surface area contributed by atoms with Gasteiger partial charge in [-0.05, 0) is 32.0 Å². The Kier molecular flexibility index (Phi) is 3.57. The van der Waals surface area contributed by atoms with Crippen LogP contribution in [0.25, 0.3) is 10.2 Å². The molecule has 3 rings (SSSR count). The van der Waals surface area contributed by atoms with E-state index in [0.29, 0.717) is 12.4 Å². The Balaban J connectivity index is 1.90. The summed E-state index contributed by atoms with van der Waals surface area (Å²) >= 11 is 1.54. The second kappa shape index (κ2) is 5.53. The molecule has 6 nitrogen and oxygen atoms in total. The minimum absolute atomic E-state index is 0.247. The van der Waals surface area contributed by atoms with Gasteiger partial charge in [-0.25, -0.2) is 9.97 Å². The number of nitrogens with zero attached hydrogens (tertiary/aromatic N) is 3. The maximum atomic E-state index is 5.65. The Bertz CT molecular complexity index is 766. The number of rotatable bonds is 4. The lowest BCUT2D eigenvalue weighted by molar-refractivity contribution is 0.341. The van der Waals surface area contributed by atoms with E-state index in [2.05, 4.69) is 20.3 Å². The van der Waals surface area contributed by atoms with E-state index in [0.717, 1.165) is 26.8 Å². The Morgan fingerprint density at radius 3 is 2.86 bits per heavy atom. The number of ether oxygens (including phenoxy) is 1. The first-order valence-electron chi connectivity index (χ1n) is 6.55. The predicted molar refractivity (Wildman–Crippen MR) is 85.3 cm³/mol. The molecule has 0 radical (unpaired) electrons. The van der Waals surface area contributed by atoms with Crippen LogP contribution in [0.2, 0.25) is 0 Å². The van der Waals surface area contributed by atoms with Crippen LogP contribution in [0.15, 0.2) is 24.3 Å². The summed E-state index contributed by atoms with van der Waals surface area (Å²) in [6.45, 7) is 4.48. The first kappa shape index (κ1) is 13.6. The fraction of sp³-hybridized carbons (Fsp3) is 0.214. The fourth-order valence-electron chi connectivity index (χ4n) is 1.98. The lowest BCUT2D eigenvalue weighted by Crippen LogP contribution is -2.00. The van der Waals surface area contributed by atoms with Crippen LogP contribution >= 0.6 is 11.3 Å². The summed E-state index contributed by atoms with van der Waals surface area (Å²) in [5, 5.41) is 3.92. The SMILES string of the molecule is CCOc1ccc2nc(Nc3cc(C)nc(N)n3)sc2c1. The van der Waals surface area contributed by atoms with E-state index in [4.69, 9.17) is 10.5 Å². The van der Waals surface area contributed by atoms with Gasteiger partial charge in [-0.3, -0.25) is 0 Å². The molecule has 2 heterocycles. The zero-order valence-electron chi connectivity index (χ0n) is 11.8. The van der Waals surface area contributed by atoms with Crippen molar-refractivity contribution in [2.45, 2.75) is 13.8 Å². The molecule has 0 aliphatic rings. The molecule has 7 heteroatoms. The third-order valence-corrected chi connectivity index (χ3v) is 3.71. The number of nitrogen functional groups attached to an aromatic ring is 1. The van der Waals surface area contributed by atoms with Gasteiger partial charge in [-0.2, -0.15) is 4.98 Å². The monoisotopic (exact) mass is 301 g/mol. The molecule has 0 amide bonds. The van der Waals surface area contributed by atoms with Gasteiger partial charge in [0.25, 0.3) is 0 Å². The van der Waals surface area contributed by atoms with Gasteiger partial charge in [0.1, 0.15) is 11.6 Å². The fourth-order valence-corrected chi connectivity index (χ4v) is 2.88. The van der Waals surface area contributed by atoms with Crippen LogP contribution < -0.4 is 15.8 Å². The Labute approximate surface area is 126 Å². The highest BCUT2D eigenvalue weighted by atomic mass is 32.1. The lowest BCUT2D eigenvalue weighted by atomic mass is 10.3. The van der Waals surface area contributed by atoms with E-state index in [1.54, 1.807) is 11.3 Å². The van der Waals surface area contributed by atoms with Gasteiger partial charge in [-0.1, -0.05) is 11.3 Å². The van der Waals surface area contributed by atoms with Crippen LogP contribution in [0.4, 0.5) is 16.9 Å². The van der Waals surface area contributed by atoms with Gasteiger partial charge >= 0.3 is 0 Å². The summed E-state index contributed by atoms with van der Waals surface area (Å²) in [5.41, 5.74) is 7.38. The van der Waals surface area contributed by atoms with Gasteiger partial charge < -0.3 is 15.8 Å². The average molecular weight is 301 g/mol. The highest BCUT2D eigenvalue weighted by Crippen LogP contribution is 2.30. The van der Waals surface area contributed by atoms with Crippen molar-refractivity contribution >= 4 is 38.5 Å². The van der Waals surface area contributed by atoms with Crippen molar-refractivity contribution in [2.75, 3.05) is 17.7 Å². The molecule has 0 unspecified atom stereocenters. The molecule has 0 fully saturated rings. The summed E-state index contributed by atoms with van der Waals surface area (Å²) in [6.07, 6.45) is 0. The number of aryl methyl sites for hydroxylation is 1. The molecule has 0 aliphatic carbocycles. The van der Waals surface area contributed by atoms with Crippen LogP contribution in [0.3, 0.4) is 0 Å². The molecular formula is C14H15N5OS. The molecule has 0 aliphatic heterocycles. The molecule has 108 valence electrons. The Morgan fingerprint density at radius 2 is 2.10 bits per heavy atom. The first-order chi connectivity index (χ1) is 10.1. The summed E-state index contributed by atoms with van der Waals surface area (Å²) in [4.78, 5) is 12.7. The van der Waals surface area contributed by atoms with E-state index in [1.807, 2.05) is 38.1 Å². The molecule has 0 saturated heterocycles. The van der Waals surface area contributed by atoms with Crippen molar-refractivity contribution in [3.63, 3.8) is 0 Å². The van der Waals surface area contributed by atoms with Gasteiger partial charge in [0.2, 0.25) is 5.95 Å². The topological polar surface area (TPSA) is 86.0 Å². The third-order valence-electron chi connectivity index (χ3n) is 2.78. The van der Waals surface area contributed by atoms with Crippen molar-refractivity contribution < 1.29 is 4.74 Å². The summed E-state index contributed by atoms with van der Waals surface area (Å²) in [7, 11) is 0. The van der Waals surface area contributed by atoms with Crippen molar-refractivity contribution in [3.05, 3.63) is 30.0 Å².